The molecule has 19 heavy (non-hydrogen) atoms. The van der Waals surface area contributed by atoms with Gasteiger partial charge in [0, 0.05) is 33.4 Å². The Morgan fingerprint density at radius 2 is 1.84 bits per heavy atom. The summed E-state index contributed by atoms with van der Waals surface area (Å²) in [5, 5.41) is 1.10. The standard InChI is InChI=1S/C14H8Cl2N2O/c15-8-1-2-9(11(16)7-8)10-5-6-17-12-3-4-13(19)18-14(10)12/h1-7H,(H,18,19). The predicted molar refractivity (Wildman–Crippen MR) is 77.8 cm³/mol. The molecule has 0 bridgehead atoms. The normalized spacial score (nSPS) is 10.8. The molecule has 1 aromatic carbocycles. The van der Waals surface area contributed by atoms with Crippen molar-refractivity contribution in [1.82, 2.24) is 9.97 Å². The molecule has 0 fully saturated rings. The maximum atomic E-state index is 11.5. The quantitative estimate of drug-likeness (QED) is 0.739. The minimum Gasteiger partial charge on any atom is -0.320 e. The van der Waals surface area contributed by atoms with E-state index in [0.717, 1.165) is 11.1 Å². The molecular weight excluding hydrogens is 283 g/mol. The van der Waals surface area contributed by atoms with Gasteiger partial charge in [0.05, 0.1) is 11.0 Å². The van der Waals surface area contributed by atoms with Gasteiger partial charge < -0.3 is 4.98 Å². The summed E-state index contributed by atoms with van der Waals surface area (Å²) in [5.74, 6) is 0. The molecule has 0 aliphatic heterocycles. The summed E-state index contributed by atoms with van der Waals surface area (Å²) in [6.45, 7) is 0. The van der Waals surface area contributed by atoms with Crippen LogP contribution in [0.25, 0.3) is 22.2 Å². The van der Waals surface area contributed by atoms with Crippen molar-refractivity contribution in [2.75, 3.05) is 0 Å². The Kier molecular flexibility index (Phi) is 3.01. The van der Waals surface area contributed by atoms with Gasteiger partial charge in [-0.15, -0.1) is 0 Å². The minimum atomic E-state index is -0.174. The molecule has 0 unspecified atom stereocenters. The second kappa shape index (κ2) is 4.68. The van der Waals surface area contributed by atoms with Crippen LogP contribution in [-0.2, 0) is 0 Å². The monoisotopic (exact) mass is 290 g/mol. The van der Waals surface area contributed by atoms with Gasteiger partial charge in [0.2, 0.25) is 5.56 Å². The summed E-state index contributed by atoms with van der Waals surface area (Å²) in [4.78, 5) is 18.5. The Hall–Kier alpha value is -1.84. The largest absolute Gasteiger partial charge is 0.320 e. The highest BCUT2D eigenvalue weighted by atomic mass is 35.5. The predicted octanol–water partition coefficient (Wildman–Crippen LogP) is 3.90. The molecule has 0 spiro atoms. The van der Waals surface area contributed by atoms with E-state index in [0.29, 0.717) is 21.1 Å². The SMILES string of the molecule is O=c1ccc2nccc(-c3ccc(Cl)cc3Cl)c2[nH]1. The van der Waals surface area contributed by atoms with Crippen LogP contribution in [0.1, 0.15) is 0 Å². The third-order valence-corrected chi connectivity index (χ3v) is 3.39. The topological polar surface area (TPSA) is 45.8 Å². The zero-order valence-corrected chi connectivity index (χ0v) is 11.2. The number of aromatic amines is 1. The van der Waals surface area contributed by atoms with E-state index in [1.807, 2.05) is 12.1 Å². The first-order chi connectivity index (χ1) is 9.15. The van der Waals surface area contributed by atoms with Crippen molar-refractivity contribution < 1.29 is 0 Å². The maximum Gasteiger partial charge on any atom is 0.248 e. The molecule has 0 atom stereocenters. The molecule has 1 N–H and O–H groups in total. The summed E-state index contributed by atoms with van der Waals surface area (Å²) in [5.41, 5.74) is 2.83. The minimum absolute atomic E-state index is 0.174. The van der Waals surface area contributed by atoms with Gasteiger partial charge in [-0.1, -0.05) is 29.3 Å². The van der Waals surface area contributed by atoms with Crippen LogP contribution in [0.15, 0.2) is 47.4 Å². The Morgan fingerprint density at radius 1 is 1.00 bits per heavy atom. The lowest BCUT2D eigenvalue weighted by Crippen LogP contribution is -2.04. The summed E-state index contributed by atoms with van der Waals surface area (Å²) in [6, 6.07) is 10.2. The van der Waals surface area contributed by atoms with Crippen LogP contribution < -0.4 is 5.56 Å². The first-order valence-corrected chi connectivity index (χ1v) is 6.34. The lowest BCUT2D eigenvalue weighted by Gasteiger charge is -2.08. The van der Waals surface area contributed by atoms with Gasteiger partial charge in [0.1, 0.15) is 0 Å². The molecule has 2 aromatic heterocycles. The molecule has 3 aromatic rings. The lowest BCUT2D eigenvalue weighted by atomic mass is 10.0. The summed E-state index contributed by atoms with van der Waals surface area (Å²) >= 11 is 12.1. The summed E-state index contributed by atoms with van der Waals surface area (Å²) in [7, 11) is 0. The third-order valence-electron chi connectivity index (χ3n) is 2.84. The average Bonchev–Trinajstić information content (AvgIpc) is 2.38. The van der Waals surface area contributed by atoms with Gasteiger partial charge in [-0.3, -0.25) is 9.78 Å². The van der Waals surface area contributed by atoms with Gasteiger partial charge in [-0.05, 0) is 24.3 Å². The van der Waals surface area contributed by atoms with Crippen molar-refractivity contribution in [3.05, 3.63) is 63.0 Å². The average molecular weight is 291 g/mol. The molecule has 2 heterocycles. The highest BCUT2D eigenvalue weighted by Crippen LogP contribution is 2.32. The van der Waals surface area contributed by atoms with E-state index in [1.165, 1.54) is 6.07 Å². The highest BCUT2D eigenvalue weighted by Gasteiger charge is 2.09. The molecule has 0 aliphatic rings. The number of halogens is 2. The van der Waals surface area contributed by atoms with E-state index < -0.39 is 0 Å². The third kappa shape index (κ3) is 2.23. The zero-order valence-electron chi connectivity index (χ0n) is 9.65. The number of nitrogens with one attached hydrogen (secondary N) is 1. The second-order valence-electron chi connectivity index (χ2n) is 4.07. The van der Waals surface area contributed by atoms with Crippen LogP contribution in [0.2, 0.25) is 10.0 Å². The first-order valence-electron chi connectivity index (χ1n) is 5.58. The molecule has 3 rings (SSSR count). The summed E-state index contributed by atoms with van der Waals surface area (Å²) in [6.07, 6.45) is 1.68. The Balaban J connectivity index is 2.36. The van der Waals surface area contributed by atoms with Crippen LogP contribution >= 0.6 is 23.2 Å². The zero-order chi connectivity index (χ0) is 13.4. The fraction of sp³-hybridized carbons (Fsp3) is 0. The van der Waals surface area contributed by atoms with Crippen molar-refractivity contribution in [2.45, 2.75) is 0 Å². The number of rotatable bonds is 1. The van der Waals surface area contributed by atoms with E-state index in [2.05, 4.69) is 9.97 Å². The molecule has 0 aliphatic carbocycles. The van der Waals surface area contributed by atoms with Gasteiger partial charge in [0.25, 0.3) is 0 Å². The molecule has 0 saturated heterocycles. The molecule has 0 saturated carbocycles. The maximum absolute atomic E-state index is 11.5. The summed E-state index contributed by atoms with van der Waals surface area (Å²) < 4.78 is 0. The van der Waals surface area contributed by atoms with E-state index in [-0.39, 0.29) is 5.56 Å². The van der Waals surface area contributed by atoms with E-state index >= 15 is 0 Å². The Labute approximate surface area is 118 Å². The Bertz CT molecular complexity index is 827. The van der Waals surface area contributed by atoms with E-state index in [9.17, 15) is 4.79 Å². The van der Waals surface area contributed by atoms with Gasteiger partial charge >= 0.3 is 0 Å². The van der Waals surface area contributed by atoms with Crippen LogP contribution in [0.5, 0.6) is 0 Å². The smallest absolute Gasteiger partial charge is 0.248 e. The number of hydrogen-bond donors (Lipinski definition) is 1. The highest BCUT2D eigenvalue weighted by molar-refractivity contribution is 6.36. The van der Waals surface area contributed by atoms with Crippen molar-refractivity contribution >= 4 is 34.2 Å². The van der Waals surface area contributed by atoms with Crippen molar-refractivity contribution in [1.29, 1.82) is 0 Å². The van der Waals surface area contributed by atoms with Crippen LogP contribution in [0.4, 0.5) is 0 Å². The van der Waals surface area contributed by atoms with Crippen LogP contribution in [-0.4, -0.2) is 9.97 Å². The van der Waals surface area contributed by atoms with Crippen molar-refractivity contribution in [3.63, 3.8) is 0 Å². The molecule has 0 radical (unpaired) electrons. The number of benzene rings is 1. The van der Waals surface area contributed by atoms with Crippen molar-refractivity contribution in [2.24, 2.45) is 0 Å². The van der Waals surface area contributed by atoms with Crippen LogP contribution in [0.3, 0.4) is 0 Å². The second-order valence-corrected chi connectivity index (χ2v) is 4.91. The molecular formula is C14H8Cl2N2O. The molecule has 94 valence electrons. The van der Waals surface area contributed by atoms with Crippen molar-refractivity contribution in [3.8, 4) is 11.1 Å². The Morgan fingerprint density at radius 3 is 2.63 bits per heavy atom. The molecule has 3 nitrogen and oxygen atoms in total. The van der Waals surface area contributed by atoms with Crippen LogP contribution in [0, 0.1) is 0 Å². The van der Waals surface area contributed by atoms with E-state index in [4.69, 9.17) is 23.2 Å². The van der Waals surface area contributed by atoms with Gasteiger partial charge in [-0.25, -0.2) is 0 Å². The van der Waals surface area contributed by atoms with E-state index in [1.54, 1.807) is 24.4 Å². The number of fused-ring (bicyclic) bond motifs is 1. The number of pyridine rings is 2. The number of hydrogen-bond acceptors (Lipinski definition) is 2. The molecule has 0 amide bonds. The van der Waals surface area contributed by atoms with Gasteiger partial charge in [0.15, 0.2) is 0 Å². The first kappa shape index (κ1) is 12.2. The molecule has 5 heteroatoms. The fourth-order valence-corrected chi connectivity index (χ4v) is 2.50. The number of aromatic nitrogens is 2. The number of nitrogens with zero attached hydrogens (tertiary/aromatic N) is 1. The lowest BCUT2D eigenvalue weighted by molar-refractivity contribution is 1.27. The fourth-order valence-electron chi connectivity index (χ4n) is 1.99. The van der Waals surface area contributed by atoms with Gasteiger partial charge in [-0.2, -0.15) is 0 Å². The number of H-pyrrole nitrogens is 1.